The molecule has 1 heterocycles. The minimum absolute atomic E-state index is 0.287. The molecule has 1 rings (SSSR count). The highest BCUT2D eigenvalue weighted by Gasteiger charge is 2.21. The molecule has 2 atom stereocenters. The van der Waals surface area contributed by atoms with E-state index < -0.39 is 0 Å². The number of furan rings is 1. The van der Waals surface area contributed by atoms with Crippen molar-refractivity contribution in [3.63, 3.8) is 0 Å². The van der Waals surface area contributed by atoms with E-state index in [0.717, 1.165) is 37.5 Å². The fraction of sp³-hybridized carbons (Fsp3) is 0.714. The third kappa shape index (κ3) is 4.17. The molecule has 1 N–H and O–H groups in total. The monoisotopic (exact) mass is 239 g/mol. The van der Waals surface area contributed by atoms with E-state index in [0.29, 0.717) is 5.92 Å². The van der Waals surface area contributed by atoms with Crippen LogP contribution in [0.25, 0.3) is 0 Å². The summed E-state index contributed by atoms with van der Waals surface area (Å²) in [6, 6.07) is 4.45. The number of rotatable bonds is 8. The lowest BCUT2D eigenvalue weighted by Gasteiger charge is -2.22. The topological polar surface area (TPSA) is 34.4 Å². The second-order valence-electron chi connectivity index (χ2n) is 4.45. The maximum atomic E-state index is 5.85. The largest absolute Gasteiger partial charge is 0.464 e. The number of aryl methyl sites for hydroxylation is 1. The second kappa shape index (κ2) is 7.51. The minimum atomic E-state index is 0.287. The Morgan fingerprint density at radius 3 is 2.65 bits per heavy atom. The number of nitrogens with one attached hydrogen (secondary N) is 1. The summed E-state index contributed by atoms with van der Waals surface area (Å²) in [6.07, 6.45) is 1.99. The Bertz CT molecular complexity index is 309. The van der Waals surface area contributed by atoms with Crippen LogP contribution < -0.4 is 5.32 Å². The van der Waals surface area contributed by atoms with Crippen LogP contribution in [0.1, 0.15) is 44.8 Å². The fourth-order valence-electron chi connectivity index (χ4n) is 2.02. The van der Waals surface area contributed by atoms with E-state index in [1.165, 1.54) is 0 Å². The predicted octanol–water partition coefficient (Wildman–Crippen LogP) is 3.17. The van der Waals surface area contributed by atoms with Crippen LogP contribution in [0, 0.1) is 5.92 Å². The van der Waals surface area contributed by atoms with Crippen LogP contribution in [0.2, 0.25) is 0 Å². The van der Waals surface area contributed by atoms with Gasteiger partial charge in [0, 0.05) is 20.1 Å². The molecule has 0 bridgehead atoms. The normalized spacial score (nSPS) is 14.8. The van der Waals surface area contributed by atoms with Gasteiger partial charge in [0.15, 0.2) is 0 Å². The summed E-state index contributed by atoms with van der Waals surface area (Å²) in [5, 5.41) is 3.50. The van der Waals surface area contributed by atoms with Gasteiger partial charge in [0.2, 0.25) is 0 Å². The van der Waals surface area contributed by atoms with Crippen LogP contribution >= 0.6 is 0 Å². The Balaban J connectivity index is 2.69. The van der Waals surface area contributed by atoms with Crippen molar-refractivity contribution < 1.29 is 9.15 Å². The maximum absolute atomic E-state index is 5.85. The molecule has 0 saturated carbocycles. The highest BCUT2D eigenvalue weighted by atomic mass is 16.5. The van der Waals surface area contributed by atoms with E-state index in [4.69, 9.17) is 9.15 Å². The molecule has 0 saturated heterocycles. The fourth-order valence-corrected chi connectivity index (χ4v) is 2.02. The summed E-state index contributed by atoms with van der Waals surface area (Å²) >= 11 is 0. The third-order valence-corrected chi connectivity index (χ3v) is 3.11. The highest BCUT2D eigenvalue weighted by molar-refractivity contribution is 5.11. The molecule has 0 aliphatic rings. The van der Waals surface area contributed by atoms with E-state index in [1.807, 2.05) is 0 Å². The van der Waals surface area contributed by atoms with Crippen molar-refractivity contribution >= 4 is 0 Å². The SMILES string of the molecule is CCNC(c1ccc(CC)o1)C(C)CCOC. The molecule has 0 aliphatic carbocycles. The summed E-state index contributed by atoms with van der Waals surface area (Å²) in [4.78, 5) is 0. The van der Waals surface area contributed by atoms with Crippen LogP contribution in [0.3, 0.4) is 0 Å². The molecule has 0 aliphatic heterocycles. The van der Waals surface area contributed by atoms with Crippen molar-refractivity contribution in [2.45, 2.75) is 39.7 Å². The first-order valence-electron chi connectivity index (χ1n) is 6.53. The van der Waals surface area contributed by atoms with Crippen LogP contribution in [0.5, 0.6) is 0 Å². The smallest absolute Gasteiger partial charge is 0.121 e. The molecule has 0 amide bonds. The first-order chi connectivity index (χ1) is 8.22. The highest BCUT2D eigenvalue weighted by Crippen LogP contribution is 2.26. The van der Waals surface area contributed by atoms with Crippen molar-refractivity contribution in [3.8, 4) is 0 Å². The molecule has 0 spiro atoms. The number of ether oxygens (including phenoxy) is 1. The number of hydrogen-bond donors (Lipinski definition) is 1. The standard InChI is InChI=1S/C14H25NO2/c1-5-12-7-8-13(17-12)14(15-6-2)11(3)9-10-16-4/h7-8,11,14-15H,5-6,9-10H2,1-4H3. The number of methoxy groups -OCH3 is 1. The molecule has 1 aromatic rings. The van der Waals surface area contributed by atoms with Gasteiger partial charge in [-0.1, -0.05) is 20.8 Å². The molecular formula is C14H25NO2. The van der Waals surface area contributed by atoms with E-state index in [9.17, 15) is 0 Å². The van der Waals surface area contributed by atoms with Gasteiger partial charge in [0.1, 0.15) is 11.5 Å². The lowest BCUT2D eigenvalue weighted by atomic mass is 9.96. The summed E-state index contributed by atoms with van der Waals surface area (Å²) in [5.41, 5.74) is 0. The first-order valence-corrected chi connectivity index (χ1v) is 6.53. The maximum Gasteiger partial charge on any atom is 0.121 e. The van der Waals surface area contributed by atoms with Gasteiger partial charge in [0.05, 0.1) is 6.04 Å². The molecule has 3 nitrogen and oxygen atoms in total. The predicted molar refractivity (Wildman–Crippen MR) is 70.2 cm³/mol. The van der Waals surface area contributed by atoms with Gasteiger partial charge in [-0.2, -0.15) is 0 Å². The average Bonchev–Trinajstić information content (AvgIpc) is 2.81. The van der Waals surface area contributed by atoms with Gasteiger partial charge in [-0.05, 0) is 31.0 Å². The molecule has 17 heavy (non-hydrogen) atoms. The van der Waals surface area contributed by atoms with Crippen molar-refractivity contribution in [1.29, 1.82) is 0 Å². The van der Waals surface area contributed by atoms with Crippen molar-refractivity contribution in [1.82, 2.24) is 5.32 Å². The Kier molecular flexibility index (Phi) is 6.30. The molecule has 3 heteroatoms. The van der Waals surface area contributed by atoms with Crippen molar-refractivity contribution in [2.24, 2.45) is 5.92 Å². The van der Waals surface area contributed by atoms with Gasteiger partial charge in [-0.25, -0.2) is 0 Å². The summed E-state index contributed by atoms with van der Waals surface area (Å²) in [5.74, 6) is 2.61. The van der Waals surface area contributed by atoms with Crippen LogP contribution in [0.15, 0.2) is 16.5 Å². The molecule has 0 aromatic carbocycles. The second-order valence-corrected chi connectivity index (χ2v) is 4.45. The Hall–Kier alpha value is -0.800. The summed E-state index contributed by atoms with van der Waals surface area (Å²) < 4.78 is 11.0. The van der Waals surface area contributed by atoms with Crippen LogP contribution in [-0.4, -0.2) is 20.3 Å². The van der Waals surface area contributed by atoms with Crippen LogP contribution in [0.4, 0.5) is 0 Å². The lowest BCUT2D eigenvalue weighted by Crippen LogP contribution is -2.27. The zero-order valence-corrected chi connectivity index (χ0v) is 11.5. The first kappa shape index (κ1) is 14.3. The van der Waals surface area contributed by atoms with Gasteiger partial charge in [-0.3, -0.25) is 0 Å². The molecule has 98 valence electrons. The Labute approximate surface area is 105 Å². The molecular weight excluding hydrogens is 214 g/mol. The zero-order chi connectivity index (χ0) is 12.7. The van der Waals surface area contributed by atoms with Gasteiger partial charge < -0.3 is 14.5 Å². The molecule has 0 radical (unpaired) electrons. The third-order valence-electron chi connectivity index (χ3n) is 3.11. The van der Waals surface area contributed by atoms with Crippen LogP contribution in [-0.2, 0) is 11.2 Å². The number of hydrogen-bond acceptors (Lipinski definition) is 3. The molecule has 0 fully saturated rings. The van der Waals surface area contributed by atoms with E-state index in [1.54, 1.807) is 7.11 Å². The minimum Gasteiger partial charge on any atom is -0.464 e. The van der Waals surface area contributed by atoms with Gasteiger partial charge >= 0.3 is 0 Å². The molecule has 2 unspecified atom stereocenters. The average molecular weight is 239 g/mol. The zero-order valence-electron chi connectivity index (χ0n) is 11.5. The van der Waals surface area contributed by atoms with E-state index in [2.05, 4.69) is 38.2 Å². The van der Waals surface area contributed by atoms with Crippen molar-refractivity contribution in [3.05, 3.63) is 23.7 Å². The molecule has 1 aromatic heterocycles. The summed E-state index contributed by atoms with van der Waals surface area (Å²) in [6.45, 7) is 8.22. The quantitative estimate of drug-likeness (QED) is 0.756. The van der Waals surface area contributed by atoms with Gasteiger partial charge in [-0.15, -0.1) is 0 Å². The Morgan fingerprint density at radius 2 is 2.12 bits per heavy atom. The van der Waals surface area contributed by atoms with E-state index in [-0.39, 0.29) is 6.04 Å². The van der Waals surface area contributed by atoms with Crippen molar-refractivity contribution in [2.75, 3.05) is 20.3 Å². The summed E-state index contributed by atoms with van der Waals surface area (Å²) in [7, 11) is 1.75. The lowest BCUT2D eigenvalue weighted by molar-refractivity contribution is 0.166. The van der Waals surface area contributed by atoms with Gasteiger partial charge in [0.25, 0.3) is 0 Å². The van der Waals surface area contributed by atoms with E-state index >= 15 is 0 Å². The Morgan fingerprint density at radius 1 is 1.35 bits per heavy atom.